The number of fused-ring (bicyclic) bond motifs is 4. The number of rotatable bonds is 8. The minimum absolute atomic E-state index is 0.101. The van der Waals surface area contributed by atoms with E-state index in [-0.39, 0.29) is 5.41 Å². The minimum atomic E-state index is -0.101. The number of anilines is 3. The average molecular weight is 794 g/mol. The van der Waals surface area contributed by atoms with Crippen LogP contribution in [-0.4, -0.2) is 9.97 Å². The van der Waals surface area contributed by atoms with Crippen LogP contribution < -0.4 is 4.90 Å². The molecular weight excluding hydrogens is 751 g/mol. The molecule has 3 nitrogen and oxygen atoms in total. The Bertz CT molecular complexity index is 3220. The predicted molar refractivity (Wildman–Crippen MR) is 259 cm³/mol. The third-order valence-corrected chi connectivity index (χ3v) is 12.5. The zero-order valence-electron chi connectivity index (χ0n) is 34.7. The Morgan fingerprint density at radius 2 is 0.839 bits per heavy atom. The van der Waals surface area contributed by atoms with E-state index in [4.69, 9.17) is 9.97 Å². The summed E-state index contributed by atoms with van der Waals surface area (Å²) >= 11 is 0. The lowest BCUT2D eigenvalue weighted by Crippen LogP contribution is -2.14. The van der Waals surface area contributed by atoms with Gasteiger partial charge in [0, 0.05) is 38.9 Å². The summed E-state index contributed by atoms with van der Waals surface area (Å²) in [5.74, 6) is 0.704. The molecule has 0 saturated heterocycles. The molecule has 0 atom stereocenters. The largest absolute Gasteiger partial charge is 0.310 e. The summed E-state index contributed by atoms with van der Waals surface area (Å²) in [5.41, 5.74) is 18.1. The van der Waals surface area contributed by atoms with Crippen molar-refractivity contribution in [3.63, 3.8) is 0 Å². The second kappa shape index (κ2) is 15.3. The molecule has 0 unspecified atom stereocenters. The lowest BCUT2D eigenvalue weighted by atomic mass is 9.82. The van der Waals surface area contributed by atoms with E-state index in [1.54, 1.807) is 0 Å². The molecule has 10 aromatic rings. The summed E-state index contributed by atoms with van der Waals surface area (Å²) < 4.78 is 0. The Morgan fingerprint density at radius 3 is 1.52 bits per heavy atom. The SMILES string of the molecule is CC1(C)c2ccccc2-c2ccc(-c3cc(-c4ccccc4)nc(-c4ccc(-c5ccc(N(c6ccc(-c7ccccc7)cc6)c6cccc7ccccc67)cc5)cc4)n3)cc21. The van der Waals surface area contributed by atoms with Gasteiger partial charge in [-0.3, -0.25) is 0 Å². The summed E-state index contributed by atoms with van der Waals surface area (Å²) in [6.07, 6.45) is 0. The van der Waals surface area contributed by atoms with Crippen molar-refractivity contribution in [2.75, 3.05) is 4.90 Å². The summed E-state index contributed by atoms with van der Waals surface area (Å²) in [5, 5.41) is 2.41. The van der Waals surface area contributed by atoms with Crippen LogP contribution in [0.25, 0.3) is 78.1 Å². The van der Waals surface area contributed by atoms with Crippen LogP contribution in [0.1, 0.15) is 25.0 Å². The molecular formula is C59H43N3. The highest BCUT2D eigenvalue weighted by molar-refractivity contribution is 5.99. The highest BCUT2D eigenvalue weighted by atomic mass is 15.1. The molecule has 9 aromatic carbocycles. The highest BCUT2D eigenvalue weighted by Crippen LogP contribution is 2.49. The summed E-state index contributed by atoms with van der Waals surface area (Å²) in [4.78, 5) is 12.8. The molecule has 0 saturated carbocycles. The maximum Gasteiger partial charge on any atom is 0.160 e. The first-order valence-electron chi connectivity index (χ1n) is 21.3. The monoisotopic (exact) mass is 793 g/mol. The fourth-order valence-corrected chi connectivity index (χ4v) is 9.22. The van der Waals surface area contributed by atoms with E-state index in [1.165, 1.54) is 44.2 Å². The smallest absolute Gasteiger partial charge is 0.160 e. The molecule has 1 heterocycles. The van der Waals surface area contributed by atoms with Gasteiger partial charge in [-0.2, -0.15) is 0 Å². The molecule has 1 aliphatic carbocycles. The highest BCUT2D eigenvalue weighted by Gasteiger charge is 2.35. The lowest BCUT2D eigenvalue weighted by molar-refractivity contribution is 0.660. The topological polar surface area (TPSA) is 29.0 Å². The molecule has 0 bridgehead atoms. The van der Waals surface area contributed by atoms with Crippen LogP contribution in [0.3, 0.4) is 0 Å². The van der Waals surface area contributed by atoms with Crippen LogP contribution >= 0.6 is 0 Å². The number of hydrogen-bond acceptors (Lipinski definition) is 3. The van der Waals surface area contributed by atoms with E-state index < -0.39 is 0 Å². The Morgan fingerprint density at radius 1 is 0.355 bits per heavy atom. The van der Waals surface area contributed by atoms with Crippen LogP contribution in [0.2, 0.25) is 0 Å². The third kappa shape index (κ3) is 6.65. The van der Waals surface area contributed by atoms with Crippen LogP contribution in [0.5, 0.6) is 0 Å². The van der Waals surface area contributed by atoms with Crippen molar-refractivity contribution >= 4 is 27.8 Å². The second-order valence-electron chi connectivity index (χ2n) is 16.6. The maximum atomic E-state index is 5.24. The fraction of sp³-hybridized carbons (Fsp3) is 0.0508. The Balaban J connectivity index is 0.933. The van der Waals surface area contributed by atoms with Gasteiger partial charge in [-0.15, -0.1) is 0 Å². The molecule has 0 radical (unpaired) electrons. The minimum Gasteiger partial charge on any atom is -0.310 e. The summed E-state index contributed by atoms with van der Waals surface area (Å²) in [6.45, 7) is 4.65. The van der Waals surface area contributed by atoms with Gasteiger partial charge in [0.2, 0.25) is 0 Å². The Kier molecular flexibility index (Phi) is 9.17. The molecule has 1 aromatic heterocycles. The van der Waals surface area contributed by atoms with E-state index >= 15 is 0 Å². The van der Waals surface area contributed by atoms with Crippen LogP contribution in [-0.2, 0) is 5.41 Å². The number of hydrogen-bond donors (Lipinski definition) is 0. The number of nitrogens with zero attached hydrogens (tertiary/aromatic N) is 3. The molecule has 1 aliphatic rings. The van der Waals surface area contributed by atoms with Gasteiger partial charge in [-0.1, -0.05) is 196 Å². The zero-order chi connectivity index (χ0) is 41.6. The number of benzene rings is 9. The van der Waals surface area contributed by atoms with E-state index in [0.717, 1.165) is 56.3 Å². The van der Waals surface area contributed by atoms with E-state index in [1.807, 2.05) is 6.07 Å². The third-order valence-electron chi connectivity index (χ3n) is 12.5. The molecule has 3 heteroatoms. The van der Waals surface area contributed by atoms with Crippen molar-refractivity contribution in [2.45, 2.75) is 19.3 Å². The van der Waals surface area contributed by atoms with Crippen LogP contribution in [0, 0.1) is 0 Å². The van der Waals surface area contributed by atoms with Gasteiger partial charge in [0.05, 0.1) is 17.1 Å². The van der Waals surface area contributed by atoms with Gasteiger partial charge in [0.25, 0.3) is 0 Å². The van der Waals surface area contributed by atoms with Crippen molar-refractivity contribution in [1.82, 2.24) is 9.97 Å². The first kappa shape index (κ1) is 37.1. The van der Waals surface area contributed by atoms with Gasteiger partial charge in [0.15, 0.2) is 5.82 Å². The fourth-order valence-electron chi connectivity index (χ4n) is 9.22. The molecule has 0 aliphatic heterocycles. The molecule has 0 spiro atoms. The first-order valence-corrected chi connectivity index (χ1v) is 21.3. The summed E-state index contributed by atoms with van der Waals surface area (Å²) in [6, 6.07) is 80.3. The van der Waals surface area contributed by atoms with Crippen molar-refractivity contribution in [1.29, 1.82) is 0 Å². The predicted octanol–water partition coefficient (Wildman–Crippen LogP) is 15.7. The van der Waals surface area contributed by atoms with Crippen molar-refractivity contribution in [3.8, 4) is 67.3 Å². The average Bonchev–Trinajstić information content (AvgIpc) is 3.57. The van der Waals surface area contributed by atoms with Crippen LogP contribution in [0.4, 0.5) is 17.1 Å². The molecule has 0 N–H and O–H groups in total. The summed E-state index contributed by atoms with van der Waals surface area (Å²) in [7, 11) is 0. The molecule has 0 amide bonds. The van der Waals surface area contributed by atoms with Gasteiger partial charge in [-0.25, -0.2) is 9.97 Å². The van der Waals surface area contributed by atoms with Gasteiger partial charge >= 0.3 is 0 Å². The molecule has 11 rings (SSSR count). The van der Waals surface area contributed by atoms with Crippen molar-refractivity contribution in [3.05, 3.63) is 236 Å². The Labute approximate surface area is 363 Å². The van der Waals surface area contributed by atoms with E-state index in [9.17, 15) is 0 Å². The lowest BCUT2D eigenvalue weighted by Gasteiger charge is -2.27. The van der Waals surface area contributed by atoms with E-state index in [0.29, 0.717) is 5.82 Å². The molecule has 0 fully saturated rings. The quantitative estimate of drug-likeness (QED) is 0.153. The number of aromatic nitrogens is 2. The zero-order valence-corrected chi connectivity index (χ0v) is 34.7. The standard InChI is InChI=1S/C59H43N3/c1-59(2)53-22-12-11-21-51(53)52-37-32-47(38-54(52)59)56-39-55(45-17-7-4-8-18-45)60-58(61-56)46-26-24-41(25-27-46)43-30-35-49(36-31-43)62(57-23-13-19-44-16-9-10-20-50(44)57)48-33-28-42(29-34-48)40-14-5-3-6-15-40/h3-39H,1-2H3. The van der Waals surface area contributed by atoms with E-state index in [2.05, 4.69) is 237 Å². The maximum absolute atomic E-state index is 5.24. The Hall–Kier alpha value is -7.88. The van der Waals surface area contributed by atoms with Crippen molar-refractivity contribution in [2.24, 2.45) is 0 Å². The second-order valence-corrected chi connectivity index (χ2v) is 16.6. The normalized spacial score (nSPS) is 12.5. The van der Waals surface area contributed by atoms with Crippen LogP contribution in [0.15, 0.2) is 224 Å². The van der Waals surface area contributed by atoms with Gasteiger partial charge in [0.1, 0.15) is 0 Å². The molecule has 294 valence electrons. The van der Waals surface area contributed by atoms with Crippen molar-refractivity contribution < 1.29 is 0 Å². The molecule has 62 heavy (non-hydrogen) atoms. The first-order chi connectivity index (χ1) is 30.5. The van der Waals surface area contributed by atoms with Gasteiger partial charge < -0.3 is 4.90 Å². The van der Waals surface area contributed by atoms with Gasteiger partial charge in [-0.05, 0) is 92.4 Å².